The number of aromatic nitrogens is 1. The minimum Gasteiger partial charge on any atom is -0.356 e. The Hall–Kier alpha value is -1.65. The molecule has 1 unspecified atom stereocenters. The smallest absolute Gasteiger partial charge is 0.168 e. The number of fused-ring (bicyclic) bond motifs is 1. The molecule has 22 heavy (non-hydrogen) atoms. The van der Waals surface area contributed by atoms with E-state index in [2.05, 4.69) is 33.2 Å². The Kier molecular flexibility index (Phi) is 3.51. The average molecular weight is 357 g/mol. The van der Waals surface area contributed by atoms with Gasteiger partial charge in [-0.3, -0.25) is 0 Å². The van der Waals surface area contributed by atoms with Gasteiger partial charge >= 0.3 is 0 Å². The predicted octanol–water partition coefficient (Wildman–Crippen LogP) is 5.06. The van der Waals surface area contributed by atoms with Crippen LogP contribution >= 0.6 is 15.9 Å². The van der Waals surface area contributed by atoms with Crippen molar-refractivity contribution in [2.75, 3.05) is 0 Å². The summed E-state index contributed by atoms with van der Waals surface area (Å²) >= 11 is 3.46. The van der Waals surface area contributed by atoms with E-state index in [9.17, 15) is 0 Å². The minimum atomic E-state index is 0.0610. The standard InChI is InChI=1S/C18H17BrN2O/c19-12-7-8-15-17(10-12)22-21-18(15)14-4-2-1-3-13(14)16(20)9-11-5-6-11/h1-4,7-8,10-11,16H,5-6,9,20H2. The first-order valence-electron chi connectivity index (χ1n) is 7.62. The van der Waals surface area contributed by atoms with Gasteiger partial charge in [-0.15, -0.1) is 0 Å². The molecule has 1 atom stereocenters. The number of nitrogens with zero attached hydrogens (tertiary/aromatic N) is 1. The highest BCUT2D eigenvalue weighted by molar-refractivity contribution is 9.10. The molecule has 0 amide bonds. The lowest BCUT2D eigenvalue weighted by molar-refractivity contribution is 0.459. The molecule has 1 aliphatic carbocycles. The zero-order chi connectivity index (χ0) is 15.1. The summed E-state index contributed by atoms with van der Waals surface area (Å²) in [7, 11) is 0. The minimum absolute atomic E-state index is 0.0610. The van der Waals surface area contributed by atoms with E-state index in [1.54, 1.807) is 0 Å². The molecule has 0 saturated heterocycles. The second-order valence-electron chi connectivity index (χ2n) is 6.04. The second kappa shape index (κ2) is 5.52. The van der Waals surface area contributed by atoms with Gasteiger partial charge in [0.15, 0.2) is 5.58 Å². The maximum Gasteiger partial charge on any atom is 0.168 e. The van der Waals surface area contributed by atoms with Crippen LogP contribution in [0.1, 0.15) is 30.9 Å². The van der Waals surface area contributed by atoms with Crippen LogP contribution in [0.15, 0.2) is 51.5 Å². The summed E-state index contributed by atoms with van der Waals surface area (Å²) in [4.78, 5) is 0. The Bertz CT molecular complexity index is 823. The summed E-state index contributed by atoms with van der Waals surface area (Å²) in [6, 6.07) is 14.3. The van der Waals surface area contributed by atoms with Gasteiger partial charge in [0.25, 0.3) is 0 Å². The van der Waals surface area contributed by atoms with Crippen molar-refractivity contribution < 1.29 is 4.52 Å². The molecule has 1 aliphatic rings. The molecule has 1 heterocycles. The molecule has 0 bridgehead atoms. The van der Waals surface area contributed by atoms with Gasteiger partial charge in [0.2, 0.25) is 0 Å². The van der Waals surface area contributed by atoms with Gasteiger partial charge in [0, 0.05) is 21.5 Å². The van der Waals surface area contributed by atoms with Gasteiger partial charge in [0.1, 0.15) is 5.69 Å². The maximum absolute atomic E-state index is 6.45. The SMILES string of the molecule is NC(CC1CC1)c1ccccc1-c1noc2cc(Br)ccc12. The van der Waals surface area contributed by atoms with Crippen LogP contribution in [-0.2, 0) is 0 Å². The van der Waals surface area contributed by atoms with Crippen molar-refractivity contribution in [1.29, 1.82) is 0 Å². The number of hydrogen-bond donors (Lipinski definition) is 1. The van der Waals surface area contributed by atoms with Crippen molar-refractivity contribution in [3.63, 3.8) is 0 Å². The van der Waals surface area contributed by atoms with Gasteiger partial charge in [-0.1, -0.05) is 58.2 Å². The maximum atomic E-state index is 6.45. The van der Waals surface area contributed by atoms with Crippen LogP contribution in [-0.4, -0.2) is 5.16 Å². The van der Waals surface area contributed by atoms with E-state index < -0.39 is 0 Å². The van der Waals surface area contributed by atoms with Crippen LogP contribution < -0.4 is 5.73 Å². The first-order chi connectivity index (χ1) is 10.7. The Morgan fingerprint density at radius 3 is 2.86 bits per heavy atom. The van der Waals surface area contributed by atoms with E-state index >= 15 is 0 Å². The predicted molar refractivity (Wildman–Crippen MR) is 91.4 cm³/mol. The van der Waals surface area contributed by atoms with Crippen LogP contribution in [0.4, 0.5) is 0 Å². The molecule has 3 aromatic rings. The van der Waals surface area contributed by atoms with Crippen LogP contribution in [0.5, 0.6) is 0 Å². The molecule has 0 radical (unpaired) electrons. The third-order valence-corrected chi connectivity index (χ3v) is 4.83. The number of benzene rings is 2. The molecule has 112 valence electrons. The Morgan fingerprint density at radius 1 is 1.23 bits per heavy atom. The number of hydrogen-bond acceptors (Lipinski definition) is 3. The zero-order valence-electron chi connectivity index (χ0n) is 12.1. The third-order valence-electron chi connectivity index (χ3n) is 4.33. The summed E-state index contributed by atoms with van der Waals surface area (Å²) in [5.74, 6) is 0.799. The highest BCUT2D eigenvalue weighted by Gasteiger charge is 2.26. The summed E-state index contributed by atoms with van der Waals surface area (Å²) in [6.07, 6.45) is 3.69. The highest BCUT2D eigenvalue weighted by atomic mass is 79.9. The molecule has 1 aromatic heterocycles. The fraction of sp³-hybridized carbons (Fsp3) is 0.278. The quantitative estimate of drug-likeness (QED) is 0.710. The lowest BCUT2D eigenvalue weighted by Crippen LogP contribution is -2.12. The Morgan fingerprint density at radius 2 is 2.05 bits per heavy atom. The Labute approximate surface area is 137 Å². The van der Waals surface area contributed by atoms with Crippen LogP contribution in [0.2, 0.25) is 0 Å². The molecule has 2 N–H and O–H groups in total. The fourth-order valence-corrected chi connectivity index (χ4v) is 3.32. The van der Waals surface area contributed by atoms with Crippen molar-refractivity contribution in [2.24, 2.45) is 11.7 Å². The third kappa shape index (κ3) is 2.57. The molecule has 3 nitrogen and oxygen atoms in total. The molecule has 4 rings (SSSR count). The van der Waals surface area contributed by atoms with E-state index in [4.69, 9.17) is 10.3 Å². The number of rotatable bonds is 4. The van der Waals surface area contributed by atoms with Crippen molar-refractivity contribution >= 4 is 26.9 Å². The molecule has 1 fully saturated rings. The van der Waals surface area contributed by atoms with E-state index in [0.29, 0.717) is 0 Å². The molecule has 0 aliphatic heterocycles. The van der Waals surface area contributed by atoms with Gasteiger partial charge < -0.3 is 10.3 Å². The molecule has 2 aromatic carbocycles. The van der Waals surface area contributed by atoms with Crippen molar-refractivity contribution in [3.05, 3.63) is 52.5 Å². The molecule has 0 spiro atoms. The van der Waals surface area contributed by atoms with E-state index in [-0.39, 0.29) is 6.04 Å². The van der Waals surface area contributed by atoms with Crippen LogP contribution in [0.3, 0.4) is 0 Å². The Balaban J connectivity index is 1.80. The van der Waals surface area contributed by atoms with Crippen molar-refractivity contribution in [1.82, 2.24) is 5.16 Å². The van der Waals surface area contributed by atoms with Gasteiger partial charge in [-0.2, -0.15) is 0 Å². The summed E-state index contributed by atoms with van der Waals surface area (Å²) in [5.41, 5.74) is 10.4. The van der Waals surface area contributed by atoms with Crippen molar-refractivity contribution in [3.8, 4) is 11.3 Å². The summed E-state index contributed by atoms with van der Waals surface area (Å²) < 4.78 is 6.48. The highest BCUT2D eigenvalue weighted by Crippen LogP contribution is 2.40. The monoisotopic (exact) mass is 356 g/mol. The average Bonchev–Trinajstić information content (AvgIpc) is 3.24. The number of halogens is 1. The second-order valence-corrected chi connectivity index (χ2v) is 6.96. The summed E-state index contributed by atoms with van der Waals surface area (Å²) in [6.45, 7) is 0. The van der Waals surface area contributed by atoms with Gasteiger partial charge in [-0.05, 0) is 36.1 Å². The van der Waals surface area contributed by atoms with E-state index in [1.165, 1.54) is 12.8 Å². The number of nitrogens with two attached hydrogens (primary N) is 1. The van der Waals surface area contributed by atoms with Crippen LogP contribution in [0.25, 0.3) is 22.2 Å². The first-order valence-corrected chi connectivity index (χ1v) is 8.41. The van der Waals surface area contributed by atoms with E-state index in [0.717, 1.165) is 44.6 Å². The zero-order valence-corrected chi connectivity index (χ0v) is 13.7. The van der Waals surface area contributed by atoms with Crippen molar-refractivity contribution in [2.45, 2.75) is 25.3 Å². The molecular formula is C18H17BrN2O. The molecule has 1 saturated carbocycles. The van der Waals surface area contributed by atoms with Gasteiger partial charge in [-0.25, -0.2) is 0 Å². The molecular weight excluding hydrogens is 340 g/mol. The van der Waals surface area contributed by atoms with Gasteiger partial charge in [0.05, 0.1) is 0 Å². The molecule has 4 heteroatoms. The summed E-state index contributed by atoms with van der Waals surface area (Å²) in [5, 5.41) is 5.32. The van der Waals surface area contributed by atoms with Crippen LogP contribution in [0, 0.1) is 5.92 Å². The first kappa shape index (κ1) is 14.0. The normalized spacial score (nSPS) is 16.1. The topological polar surface area (TPSA) is 52.0 Å². The lowest BCUT2D eigenvalue weighted by atomic mass is 9.94. The lowest BCUT2D eigenvalue weighted by Gasteiger charge is -2.15. The van der Waals surface area contributed by atoms with E-state index in [1.807, 2.05) is 30.3 Å². The fourth-order valence-electron chi connectivity index (χ4n) is 2.98. The largest absolute Gasteiger partial charge is 0.356 e.